The molecule has 0 saturated heterocycles. The molecule has 0 heterocycles. The molecule has 1 N–H and O–H groups in total. The van der Waals surface area contributed by atoms with Crippen molar-refractivity contribution >= 4 is 11.9 Å². The predicted octanol–water partition coefficient (Wildman–Crippen LogP) is 3.88. The normalized spacial score (nSPS) is 39.3. The highest BCUT2D eigenvalue weighted by molar-refractivity contribution is 5.86. The molecule has 0 aliphatic heterocycles. The van der Waals surface area contributed by atoms with Crippen molar-refractivity contribution in [2.75, 3.05) is 0 Å². The zero-order valence-electron chi connectivity index (χ0n) is 15.0. The highest BCUT2D eigenvalue weighted by Gasteiger charge is 2.59. The molecular weight excluding hydrogens is 292 g/mol. The van der Waals surface area contributed by atoms with Crippen LogP contribution < -0.4 is 0 Å². The van der Waals surface area contributed by atoms with Gasteiger partial charge in [-0.25, -0.2) is 0 Å². The Bertz CT molecular complexity index is 503. The second kappa shape index (κ2) is 4.97. The van der Waals surface area contributed by atoms with Gasteiger partial charge in [-0.1, -0.05) is 0 Å². The molecule has 0 aromatic rings. The molecule has 4 aliphatic carbocycles. The third kappa shape index (κ3) is 2.32. The van der Waals surface area contributed by atoms with E-state index in [0.717, 1.165) is 11.8 Å². The summed E-state index contributed by atoms with van der Waals surface area (Å²) in [6.45, 7) is 8.71. The topological polar surface area (TPSA) is 63.6 Å². The molecule has 130 valence electrons. The van der Waals surface area contributed by atoms with Gasteiger partial charge in [0.1, 0.15) is 5.60 Å². The van der Waals surface area contributed by atoms with Gasteiger partial charge in [-0.3, -0.25) is 9.59 Å². The molecule has 0 amide bonds. The standard InChI is InChI=1S/C19H30O4/c1-17(2,15(20)21)18(3,4)16(22)23-19(5)13-7-11-6-12(9-13)10-14(19)8-11/h11-14H,6-10H2,1-5H3,(H,20,21). The molecule has 4 aliphatic rings. The van der Waals surface area contributed by atoms with Crippen molar-refractivity contribution in [2.45, 2.75) is 72.3 Å². The van der Waals surface area contributed by atoms with Crippen molar-refractivity contribution in [1.29, 1.82) is 0 Å². The first-order valence-corrected chi connectivity index (χ1v) is 8.95. The number of ether oxygens (including phenoxy) is 1. The lowest BCUT2D eigenvalue weighted by molar-refractivity contribution is -0.217. The third-order valence-corrected chi connectivity index (χ3v) is 7.68. The number of aliphatic carboxylic acids is 1. The Kier molecular flexibility index (Phi) is 3.63. The smallest absolute Gasteiger partial charge is 0.313 e. The molecular formula is C19H30O4. The summed E-state index contributed by atoms with van der Waals surface area (Å²) in [7, 11) is 0. The fraction of sp³-hybridized carbons (Fsp3) is 0.895. The Hall–Kier alpha value is -1.06. The Balaban J connectivity index is 1.81. The monoisotopic (exact) mass is 322 g/mol. The molecule has 0 aromatic carbocycles. The van der Waals surface area contributed by atoms with E-state index in [-0.39, 0.29) is 5.97 Å². The second-order valence-electron chi connectivity index (χ2n) is 9.43. The number of carboxylic acids is 1. The molecule has 0 aromatic heterocycles. The minimum absolute atomic E-state index is 0.361. The summed E-state index contributed by atoms with van der Waals surface area (Å²) in [5.74, 6) is 1.20. The molecule has 4 rings (SSSR count). The number of hydrogen-bond acceptors (Lipinski definition) is 3. The van der Waals surface area contributed by atoms with Crippen LogP contribution in [0.25, 0.3) is 0 Å². The van der Waals surface area contributed by atoms with Crippen LogP contribution in [0.5, 0.6) is 0 Å². The first-order valence-electron chi connectivity index (χ1n) is 8.95. The number of hydrogen-bond donors (Lipinski definition) is 1. The summed E-state index contributed by atoms with van der Waals surface area (Å²) in [5.41, 5.74) is -2.63. The lowest BCUT2D eigenvalue weighted by atomic mass is 9.50. The van der Waals surface area contributed by atoms with Gasteiger partial charge in [-0.05, 0) is 90.4 Å². The van der Waals surface area contributed by atoms with E-state index in [1.165, 1.54) is 32.1 Å². The molecule has 4 bridgehead atoms. The Labute approximate surface area is 139 Å². The third-order valence-electron chi connectivity index (χ3n) is 7.68. The van der Waals surface area contributed by atoms with Gasteiger partial charge in [-0.15, -0.1) is 0 Å². The van der Waals surface area contributed by atoms with Crippen molar-refractivity contribution in [3.8, 4) is 0 Å². The quantitative estimate of drug-likeness (QED) is 0.798. The first-order chi connectivity index (χ1) is 10.5. The summed E-state index contributed by atoms with van der Waals surface area (Å²) in [6.07, 6.45) is 6.02. The summed E-state index contributed by atoms with van der Waals surface area (Å²) >= 11 is 0. The highest BCUT2D eigenvalue weighted by atomic mass is 16.6. The molecule has 23 heavy (non-hydrogen) atoms. The van der Waals surface area contributed by atoms with Crippen molar-refractivity contribution in [2.24, 2.45) is 34.5 Å². The summed E-state index contributed by atoms with van der Waals surface area (Å²) in [4.78, 5) is 24.5. The van der Waals surface area contributed by atoms with Gasteiger partial charge < -0.3 is 9.84 Å². The van der Waals surface area contributed by atoms with Crippen LogP contribution in [0.1, 0.15) is 66.7 Å². The number of carbonyl (C=O) groups excluding carboxylic acids is 1. The number of esters is 1. The lowest BCUT2D eigenvalue weighted by Crippen LogP contribution is -2.59. The maximum absolute atomic E-state index is 12.9. The van der Waals surface area contributed by atoms with Crippen molar-refractivity contribution in [1.82, 2.24) is 0 Å². The van der Waals surface area contributed by atoms with E-state index in [2.05, 4.69) is 6.92 Å². The first kappa shape index (κ1) is 16.8. The molecule has 0 atom stereocenters. The Morgan fingerprint density at radius 3 is 1.74 bits per heavy atom. The van der Waals surface area contributed by atoms with Crippen LogP contribution in [0.4, 0.5) is 0 Å². The van der Waals surface area contributed by atoms with Crippen molar-refractivity contribution in [3.63, 3.8) is 0 Å². The van der Waals surface area contributed by atoms with E-state index in [1.54, 1.807) is 27.7 Å². The average molecular weight is 322 g/mol. The lowest BCUT2D eigenvalue weighted by Gasteiger charge is -2.59. The molecule has 4 heteroatoms. The maximum atomic E-state index is 12.9. The van der Waals surface area contributed by atoms with Crippen LogP contribution in [-0.4, -0.2) is 22.6 Å². The van der Waals surface area contributed by atoms with Crippen LogP contribution in [0.3, 0.4) is 0 Å². The van der Waals surface area contributed by atoms with Crippen LogP contribution in [0.2, 0.25) is 0 Å². The van der Waals surface area contributed by atoms with Gasteiger partial charge in [0.2, 0.25) is 0 Å². The zero-order chi connectivity index (χ0) is 17.2. The van der Waals surface area contributed by atoms with Gasteiger partial charge >= 0.3 is 11.9 Å². The summed E-state index contributed by atoms with van der Waals surface area (Å²) < 4.78 is 6.11. The molecule has 0 radical (unpaired) electrons. The van der Waals surface area contributed by atoms with E-state index in [0.29, 0.717) is 11.8 Å². The summed E-state index contributed by atoms with van der Waals surface area (Å²) in [6, 6.07) is 0. The van der Waals surface area contributed by atoms with Crippen LogP contribution >= 0.6 is 0 Å². The average Bonchev–Trinajstić information content (AvgIpc) is 2.43. The molecule has 4 saturated carbocycles. The fourth-order valence-corrected chi connectivity index (χ4v) is 5.14. The number of carbonyl (C=O) groups is 2. The molecule has 4 fully saturated rings. The second-order valence-corrected chi connectivity index (χ2v) is 9.43. The van der Waals surface area contributed by atoms with Gasteiger partial charge in [0, 0.05) is 0 Å². The van der Waals surface area contributed by atoms with Crippen LogP contribution in [0.15, 0.2) is 0 Å². The largest absolute Gasteiger partial charge is 0.481 e. The van der Waals surface area contributed by atoms with Gasteiger partial charge in [-0.2, -0.15) is 0 Å². The van der Waals surface area contributed by atoms with Crippen LogP contribution in [0, 0.1) is 34.5 Å². The number of rotatable bonds is 4. The minimum Gasteiger partial charge on any atom is -0.481 e. The van der Waals surface area contributed by atoms with E-state index in [9.17, 15) is 14.7 Å². The van der Waals surface area contributed by atoms with E-state index < -0.39 is 22.4 Å². The Morgan fingerprint density at radius 1 is 0.913 bits per heavy atom. The molecule has 0 unspecified atom stereocenters. The van der Waals surface area contributed by atoms with Gasteiger partial charge in [0.15, 0.2) is 0 Å². The summed E-state index contributed by atoms with van der Waals surface area (Å²) in [5, 5.41) is 9.49. The highest BCUT2D eigenvalue weighted by Crippen LogP contribution is 2.60. The predicted molar refractivity (Wildman–Crippen MR) is 86.7 cm³/mol. The zero-order valence-corrected chi connectivity index (χ0v) is 15.0. The van der Waals surface area contributed by atoms with Crippen molar-refractivity contribution < 1.29 is 19.4 Å². The van der Waals surface area contributed by atoms with E-state index in [4.69, 9.17) is 4.74 Å². The maximum Gasteiger partial charge on any atom is 0.313 e. The van der Waals surface area contributed by atoms with Crippen LogP contribution in [-0.2, 0) is 14.3 Å². The van der Waals surface area contributed by atoms with Crippen molar-refractivity contribution in [3.05, 3.63) is 0 Å². The Morgan fingerprint density at radius 2 is 1.35 bits per heavy atom. The van der Waals surface area contributed by atoms with E-state index >= 15 is 0 Å². The molecule has 0 spiro atoms. The SMILES string of the molecule is CC1(OC(=O)C(C)(C)C(C)(C)C(=O)O)C2CC3CC(C2)CC1C3. The minimum atomic E-state index is -1.16. The number of carboxylic acid groups (broad SMARTS) is 1. The van der Waals surface area contributed by atoms with Gasteiger partial charge in [0.05, 0.1) is 10.8 Å². The molecule has 4 nitrogen and oxygen atoms in total. The van der Waals surface area contributed by atoms with E-state index in [1.807, 2.05) is 0 Å². The van der Waals surface area contributed by atoms with Gasteiger partial charge in [0.25, 0.3) is 0 Å². The fourth-order valence-electron chi connectivity index (χ4n) is 5.14.